The van der Waals surface area contributed by atoms with Gasteiger partial charge in [0.15, 0.2) is 5.96 Å². The Bertz CT molecular complexity index is 766. The van der Waals surface area contributed by atoms with Crippen LogP contribution < -0.4 is 15.8 Å². The van der Waals surface area contributed by atoms with Crippen LogP contribution >= 0.6 is 0 Å². The van der Waals surface area contributed by atoms with Crippen molar-refractivity contribution in [3.63, 3.8) is 0 Å². The van der Waals surface area contributed by atoms with Crippen LogP contribution in [0, 0.1) is 0 Å². The molecule has 0 radical (unpaired) electrons. The first kappa shape index (κ1) is 21.1. The SMILES string of the molecule is COc1ccc(CCNC(N)=NCc2ccc(CN3CCC(O)CC3)cc2)cc1. The third-order valence-corrected chi connectivity index (χ3v) is 5.30. The lowest BCUT2D eigenvalue weighted by molar-refractivity contribution is 0.0792. The minimum Gasteiger partial charge on any atom is -0.497 e. The molecule has 0 aliphatic carbocycles. The summed E-state index contributed by atoms with van der Waals surface area (Å²) >= 11 is 0. The average Bonchev–Trinajstić information content (AvgIpc) is 2.75. The third-order valence-electron chi connectivity index (χ3n) is 5.30. The standard InChI is InChI=1S/C23H32N4O2/c1-29-22-8-6-18(7-9-22)10-13-25-23(24)26-16-19-2-4-20(5-3-19)17-27-14-11-21(28)12-15-27/h2-9,21,28H,10-17H2,1H3,(H3,24,25,26). The monoisotopic (exact) mass is 396 g/mol. The number of piperidine rings is 1. The first-order valence-corrected chi connectivity index (χ1v) is 10.3. The predicted octanol–water partition coefficient (Wildman–Crippen LogP) is 2.30. The quantitative estimate of drug-likeness (QED) is 0.471. The predicted molar refractivity (Wildman–Crippen MR) is 117 cm³/mol. The summed E-state index contributed by atoms with van der Waals surface area (Å²) in [6, 6.07) is 16.6. The largest absolute Gasteiger partial charge is 0.497 e. The van der Waals surface area contributed by atoms with Gasteiger partial charge in [0.2, 0.25) is 0 Å². The van der Waals surface area contributed by atoms with Gasteiger partial charge in [-0.25, -0.2) is 4.99 Å². The Morgan fingerprint density at radius 2 is 1.69 bits per heavy atom. The number of ether oxygens (including phenoxy) is 1. The van der Waals surface area contributed by atoms with Crippen molar-refractivity contribution in [3.8, 4) is 5.75 Å². The van der Waals surface area contributed by atoms with Gasteiger partial charge >= 0.3 is 0 Å². The summed E-state index contributed by atoms with van der Waals surface area (Å²) < 4.78 is 5.17. The van der Waals surface area contributed by atoms with E-state index in [1.807, 2.05) is 12.1 Å². The van der Waals surface area contributed by atoms with Gasteiger partial charge in [0, 0.05) is 26.2 Å². The van der Waals surface area contributed by atoms with Gasteiger partial charge in [0.1, 0.15) is 5.75 Å². The molecular formula is C23H32N4O2. The third kappa shape index (κ3) is 7.07. The molecule has 0 aromatic heterocycles. The van der Waals surface area contributed by atoms with Crippen molar-refractivity contribution in [1.29, 1.82) is 0 Å². The van der Waals surface area contributed by atoms with E-state index < -0.39 is 0 Å². The van der Waals surface area contributed by atoms with E-state index in [4.69, 9.17) is 10.5 Å². The summed E-state index contributed by atoms with van der Waals surface area (Å²) in [5.41, 5.74) is 9.65. The number of aliphatic hydroxyl groups excluding tert-OH is 1. The van der Waals surface area contributed by atoms with Crippen molar-refractivity contribution in [2.24, 2.45) is 10.7 Å². The van der Waals surface area contributed by atoms with Crippen LogP contribution in [-0.4, -0.2) is 48.8 Å². The van der Waals surface area contributed by atoms with E-state index in [2.05, 4.69) is 51.6 Å². The van der Waals surface area contributed by atoms with E-state index in [1.165, 1.54) is 11.1 Å². The smallest absolute Gasteiger partial charge is 0.188 e. The van der Waals surface area contributed by atoms with Crippen LogP contribution in [0.5, 0.6) is 5.75 Å². The van der Waals surface area contributed by atoms with Crippen molar-refractivity contribution in [2.45, 2.75) is 38.5 Å². The minimum atomic E-state index is -0.123. The maximum absolute atomic E-state index is 9.61. The number of methoxy groups -OCH3 is 1. The lowest BCUT2D eigenvalue weighted by Gasteiger charge is -2.29. The highest BCUT2D eigenvalue weighted by molar-refractivity contribution is 5.77. The number of aliphatic imine (C=N–C) groups is 1. The van der Waals surface area contributed by atoms with Gasteiger partial charge in [0.25, 0.3) is 0 Å². The molecule has 0 saturated carbocycles. The molecule has 2 aromatic rings. The van der Waals surface area contributed by atoms with Crippen molar-refractivity contribution in [3.05, 3.63) is 65.2 Å². The van der Waals surface area contributed by atoms with Crippen molar-refractivity contribution >= 4 is 5.96 Å². The molecule has 0 unspecified atom stereocenters. The number of hydrogen-bond donors (Lipinski definition) is 3. The number of likely N-dealkylation sites (tertiary alicyclic amines) is 1. The molecule has 1 saturated heterocycles. The summed E-state index contributed by atoms with van der Waals surface area (Å²) in [7, 11) is 1.67. The van der Waals surface area contributed by atoms with Gasteiger partial charge in [-0.2, -0.15) is 0 Å². The molecule has 1 fully saturated rings. The lowest BCUT2D eigenvalue weighted by Crippen LogP contribution is -2.35. The van der Waals surface area contributed by atoms with Crippen molar-refractivity contribution in [1.82, 2.24) is 10.2 Å². The Morgan fingerprint density at radius 1 is 1.07 bits per heavy atom. The molecule has 0 amide bonds. The van der Waals surface area contributed by atoms with E-state index in [1.54, 1.807) is 7.11 Å². The number of benzene rings is 2. The normalized spacial score (nSPS) is 16.0. The number of aliphatic hydroxyl groups is 1. The highest BCUT2D eigenvalue weighted by atomic mass is 16.5. The molecule has 1 aliphatic rings. The summed E-state index contributed by atoms with van der Waals surface area (Å²) in [4.78, 5) is 6.83. The van der Waals surface area contributed by atoms with Gasteiger partial charge in [0.05, 0.1) is 19.8 Å². The number of rotatable bonds is 8. The molecule has 6 heteroatoms. The zero-order valence-electron chi connectivity index (χ0n) is 17.2. The van der Waals surface area contributed by atoms with Crippen LogP contribution in [0.1, 0.15) is 29.5 Å². The molecule has 0 atom stereocenters. The summed E-state index contributed by atoms with van der Waals surface area (Å²) in [6.45, 7) is 4.17. The second-order valence-electron chi connectivity index (χ2n) is 7.55. The molecule has 0 bridgehead atoms. The van der Waals surface area contributed by atoms with E-state index in [9.17, 15) is 5.11 Å². The Labute approximate surface area is 173 Å². The number of hydrogen-bond acceptors (Lipinski definition) is 4. The molecule has 1 aliphatic heterocycles. The Morgan fingerprint density at radius 3 is 2.34 bits per heavy atom. The second-order valence-corrected chi connectivity index (χ2v) is 7.55. The second kappa shape index (κ2) is 10.8. The summed E-state index contributed by atoms with van der Waals surface area (Å²) in [6.07, 6.45) is 2.50. The van der Waals surface area contributed by atoms with E-state index in [0.29, 0.717) is 12.5 Å². The number of guanidine groups is 1. The van der Waals surface area contributed by atoms with Crippen molar-refractivity contribution < 1.29 is 9.84 Å². The Balaban J connectivity index is 1.39. The highest BCUT2D eigenvalue weighted by Gasteiger charge is 2.16. The lowest BCUT2D eigenvalue weighted by atomic mass is 10.1. The molecule has 156 valence electrons. The average molecular weight is 397 g/mol. The number of nitrogens with zero attached hydrogens (tertiary/aromatic N) is 2. The molecule has 6 nitrogen and oxygen atoms in total. The first-order valence-electron chi connectivity index (χ1n) is 10.3. The molecule has 0 spiro atoms. The van der Waals surface area contributed by atoms with Crippen LogP contribution in [0.2, 0.25) is 0 Å². The maximum Gasteiger partial charge on any atom is 0.188 e. The summed E-state index contributed by atoms with van der Waals surface area (Å²) in [5, 5.41) is 12.8. The van der Waals surface area contributed by atoms with Gasteiger partial charge < -0.3 is 20.9 Å². The molecule has 3 rings (SSSR count). The fourth-order valence-electron chi connectivity index (χ4n) is 3.45. The number of nitrogens with one attached hydrogen (secondary N) is 1. The zero-order chi connectivity index (χ0) is 20.5. The highest BCUT2D eigenvalue weighted by Crippen LogP contribution is 2.14. The molecule has 29 heavy (non-hydrogen) atoms. The zero-order valence-corrected chi connectivity index (χ0v) is 17.2. The fraction of sp³-hybridized carbons (Fsp3) is 0.435. The van der Waals surface area contributed by atoms with E-state index >= 15 is 0 Å². The van der Waals surface area contributed by atoms with Crippen LogP contribution in [0.3, 0.4) is 0 Å². The topological polar surface area (TPSA) is 83.1 Å². The molecule has 2 aromatic carbocycles. The van der Waals surface area contributed by atoms with Crippen LogP contribution in [-0.2, 0) is 19.5 Å². The number of nitrogens with two attached hydrogens (primary N) is 1. The first-order chi connectivity index (χ1) is 14.1. The van der Waals surface area contributed by atoms with Crippen LogP contribution in [0.25, 0.3) is 0 Å². The molecular weight excluding hydrogens is 364 g/mol. The maximum atomic E-state index is 9.61. The van der Waals surface area contributed by atoms with Crippen LogP contribution in [0.15, 0.2) is 53.5 Å². The van der Waals surface area contributed by atoms with Gasteiger partial charge in [-0.1, -0.05) is 36.4 Å². The fourth-order valence-corrected chi connectivity index (χ4v) is 3.45. The van der Waals surface area contributed by atoms with Gasteiger partial charge in [-0.3, -0.25) is 4.90 Å². The minimum absolute atomic E-state index is 0.123. The Kier molecular flexibility index (Phi) is 7.90. The summed E-state index contributed by atoms with van der Waals surface area (Å²) in [5.74, 6) is 1.33. The molecule has 4 N–H and O–H groups in total. The molecule has 1 heterocycles. The van der Waals surface area contributed by atoms with Gasteiger partial charge in [-0.15, -0.1) is 0 Å². The van der Waals surface area contributed by atoms with Crippen LogP contribution in [0.4, 0.5) is 0 Å². The van der Waals surface area contributed by atoms with E-state index in [0.717, 1.165) is 56.8 Å². The van der Waals surface area contributed by atoms with Gasteiger partial charge in [-0.05, 0) is 48.1 Å². The Hall–Kier alpha value is -2.57. The van der Waals surface area contributed by atoms with Crippen molar-refractivity contribution in [2.75, 3.05) is 26.7 Å². The van der Waals surface area contributed by atoms with E-state index in [-0.39, 0.29) is 6.10 Å².